The Balaban J connectivity index is 2.08. The minimum atomic E-state index is 0.581. The topological polar surface area (TPSA) is 38.9 Å². The molecule has 0 bridgehead atoms. The molecule has 1 aliphatic rings. The molecule has 1 aromatic heterocycles. The van der Waals surface area contributed by atoms with E-state index in [1.54, 1.807) is 11.3 Å². The highest BCUT2D eigenvalue weighted by molar-refractivity contribution is 7.12. The molecule has 0 aliphatic heterocycles. The van der Waals surface area contributed by atoms with Crippen molar-refractivity contribution < 1.29 is 0 Å². The van der Waals surface area contributed by atoms with Gasteiger partial charge in [-0.05, 0) is 43.4 Å². The summed E-state index contributed by atoms with van der Waals surface area (Å²) >= 11 is 1.71. The summed E-state index contributed by atoms with van der Waals surface area (Å²) < 4.78 is 0. The molecule has 0 fully saturated rings. The smallest absolute Gasteiger partial charge is 0.0905 e. The maximum Gasteiger partial charge on any atom is 0.0905 e. The van der Waals surface area contributed by atoms with Gasteiger partial charge in [0.2, 0.25) is 0 Å². The quantitative estimate of drug-likeness (QED) is 0.881. The van der Waals surface area contributed by atoms with E-state index in [9.17, 15) is 0 Å². The first-order chi connectivity index (χ1) is 8.28. The molecule has 1 aromatic carbocycles. The second-order valence-electron chi connectivity index (χ2n) is 4.55. The van der Waals surface area contributed by atoms with E-state index < -0.39 is 0 Å². The summed E-state index contributed by atoms with van der Waals surface area (Å²) in [7, 11) is 0. The minimum absolute atomic E-state index is 0.581. The molecule has 1 aliphatic carbocycles. The standard InChI is InChI=1S/C14H16N2S/c1-9-16-14(13(8-15)17-9)12-6-5-10-3-2-4-11(10)7-12/h5-7H,2-4,8,15H2,1H3. The summed E-state index contributed by atoms with van der Waals surface area (Å²) in [6.07, 6.45) is 3.73. The van der Waals surface area contributed by atoms with Crippen LogP contribution in [0.2, 0.25) is 0 Å². The monoisotopic (exact) mass is 244 g/mol. The predicted octanol–water partition coefficient (Wildman–Crippen LogP) is 3.07. The van der Waals surface area contributed by atoms with Gasteiger partial charge in [0.05, 0.1) is 10.7 Å². The molecule has 0 atom stereocenters. The lowest BCUT2D eigenvalue weighted by Crippen LogP contribution is -1.96. The SMILES string of the molecule is Cc1nc(-c2ccc3c(c2)CCC3)c(CN)s1. The Morgan fingerprint density at radius 2 is 2.12 bits per heavy atom. The number of aromatic nitrogens is 1. The highest BCUT2D eigenvalue weighted by Crippen LogP contribution is 2.31. The Morgan fingerprint density at radius 1 is 1.29 bits per heavy atom. The Morgan fingerprint density at radius 3 is 2.94 bits per heavy atom. The second-order valence-corrected chi connectivity index (χ2v) is 5.83. The Kier molecular flexibility index (Phi) is 2.73. The normalized spacial score (nSPS) is 14.0. The van der Waals surface area contributed by atoms with Crippen molar-refractivity contribution in [2.75, 3.05) is 0 Å². The molecule has 1 heterocycles. The van der Waals surface area contributed by atoms with Gasteiger partial charge in [-0.15, -0.1) is 11.3 Å². The van der Waals surface area contributed by atoms with Gasteiger partial charge in [0.15, 0.2) is 0 Å². The number of nitrogens with zero attached hydrogens (tertiary/aromatic N) is 1. The molecule has 0 saturated carbocycles. The lowest BCUT2D eigenvalue weighted by Gasteiger charge is -2.04. The third-order valence-corrected chi connectivity index (χ3v) is 4.35. The van der Waals surface area contributed by atoms with E-state index in [0.29, 0.717) is 6.54 Å². The van der Waals surface area contributed by atoms with Gasteiger partial charge in [-0.1, -0.05) is 12.1 Å². The molecule has 0 saturated heterocycles. The fourth-order valence-corrected chi connectivity index (χ4v) is 3.39. The molecule has 2 aromatic rings. The zero-order valence-electron chi connectivity index (χ0n) is 9.99. The van der Waals surface area contributed by atoms with Crippen LogP contribution in [0.1, 0.15) is 27.4 Å². The summed E-state index contributed by atoms with van der Waals surface area (Å²) in [6.45, 7) is 2.62. The summed E-state index contributed by atoms with van der Waals surface area (Å²) in [6, 6.07) is 6.75. The zero-order valence-corrected chi connectivity index (χ0v) is 10.8. The van der Waals surface area contributed by atoms with Gasteiger partial charge in [-0.3, -0.25) is 0 Å². The van der Waals surface area contributed by atoms with Gasteiger partial charge in [-0.2, -0.15) is 0 Å². The second kappa shape index (κ2) is 4.24. The number of benzene rings is 1. The average molecular weight is 244 g/mol. The van der Waals surface area contributed by atoms with Crippen molar-refractivity contribution in [1.82, 2.24) is 4.98 Å². The van der Waals surface area contributed by atoms with Gasteiger partial charge in [-0.25, -0.2) is 4.98 Å². The van der Waals surface area contributed by atoms with Crippen molar-refractivity contribution in [1.29, 1.82) is 0 Å². The first-order valence-corrected chi connectivity index (χ1v) is 6.88. The van der Waals surface area contributed by atoms with Crippen molar-refractivity contribution in [3.05, 3.63) is 39.2 Å². The number of aryl methyl sites for hydroxylation is 3. The van der Waals surface area contributed by atoms with Crippen molar-refractivity contribution in [3.8, 4) is 11.3 Å². The van der Waals surface area contributed by atoms with Crippen LogP contribution in [0, 0.1) is 6.92 Å². The number of nitrogens with two attached hydrogens (primary N) is 1. The minimum Gasteiger partial charge on any atom is -0.326 e. The molecular formula is C14H16N2S. The van der Waals surface area contributed by atoms with Crippen molar-refractivity contribution in [2.24, 2.45) is 5.73 Å². The molecule has 3 heteroatoms. The van der Waals surface area contributed by atoms with E-state index in [-0.39, 0.29) is 0 Å². The number of rotatable bonds is 2. The van der Waals surface area contributed by atoms with E-state index >= 15 is 0 Å². The van der Waals surface area contributed by atoms with Crippen LogP contribution in [0.25, 0.3) is 11.3 Å². The molecule has 2 N–H and O–H groups in total. The van der Waals surface area contributed by atoms with E-state index in [2.05, 4.69) is 23.2 Å². The third-order valence-electron chi connectivity index (χ3n) is 3.36. The van der Waals surface area contributed by atoms with Gasteiger partial charge in [0, 0.05) is 17.0 Å². The van der Waals surface area contributed by atoms with Crippen LogP contribution < -0.4 is 5.73 Å². The lowest BCUT2D eigenvalue weighted by molar-refractivity contribution is 0.912. The number of thiazole rings is 1. The molecule has 88 valence electrons. The van der Waals surface area contributed by atoms with Crippen LogP contribution in [-0.2, 0) is 19.4 Å². The number of fused-ring (bicyclic) bond motifs is 1. The fourth-order valence-electron chi connectivity index (χ4n) is 2.55. The molecule has 17 heavy (non-hydrogen) atoms. The number of hydrogen-bond acceptors (Lipinski definition) is 3. The van der Waals surface area contributed by atoms with Crippen LogP contribution in [0.15, 0.2) is 18.2 Å². The molecule has 3 rings (SSSR count). The van der Waals surface area contributed by atoms with Gasteiger partial charge in [0.25, 0.3) is 0 Å². The summed E-state index contributed by atoms with van der Waals surface area (Å²) in [5.41, 5.74) is 11.1. The molecule has 0 spiro atoms. The summed E-state index contributed by atoms with van der Waals surface area (Å²) in [4.78, 5) is 5.81. The van der Waals surface area contributed by atoms with Crippen LogP contribution in [0.4, 0.5) is 0 Å². The molecule has 0 radical (unpaired) electrons. The predicted molar refractivity (Wildman–Crippen MR) is 72.2 cm³/mol. The van der Waals surface area contributed by atoms with E-state index in [1.807, 2.05) is 6.92 Å². The molecular weight excluding hydrogens is 228 g/mol. The van der Waals surface area contributed by atoms with E-state index in [0.717, 1.165) is 10.7 Å². The van der Waals surface area contributed by atoms with Gasteiger partial charge < -0.3 is 5.73 Å². The Labute approximate surface area is 106 Å². The highest BCUT2D eigenvalue weighted by Gasteiger charge is 2.14. The molecule has 0 amide bonds. The summed E-state index contributed by atoms with van der Waals surface area (Å²) in [5, 5.41) is 1.10. The van der Waals surface area contributed by atoms with Crippen LogP contribution in [0.5, 0.6) is 0 Å². The first-order valence-electron chi connectivity index (χ1n) is 6.06. The largest absolute Gasteiger partial charge is 0.326 e. The highest BCUT2D eigenvalue weighted by atomic mass is 32.1. The van der Waals surface area contributed by atoms with E-state index in [4.69, 9.17) is 5.73 Å². The van der Waals surface area contributed by atoms with E-state index in [1.165, 1.54) is 40.8 Å². The third kappa shape index (κ3) is 1.90. The van der Waals surface area contributed by atoms with Crippen LogP contribution in [0.3, 0.4) is 0 Å². The first kappa shape index (κ1) is 10.9. The summed E-state index contributed by atoms with van der Waals surface area (Å²) in [5.74, 6) is 0. The van der Waals surface area contributed by atoms with Gasteiger partial charge in [0.1, 0.15) is 0 Å². The average Bonchev–Trinajstić information content (AvgIpc) is 2.93. The number of hydrogen-bond donors (Lipinski definition) is 1. The van der Waals surface area contributed by atoms with Gasteiger partial charge >= 0.3 is 0 Å². The lowest BCUT2D eigenvalue weighted by atomic mass is 10.0. The van der Waals surface area contributed by atoms with Crippen molar-refractivity contribution in [2.45, 2.75) is 32.7 Å². The molecule has 0 unspecified atom stereocenters. The Hall–Kier alpha value is -1.19. The van der Waals surface area contributed by atoms with Crippen LogP contribution in [-0.4, -0.2) is 4.98 Å². The molecule has 2 nitrogen and oxygen atoms in total. The zero-order chi connectivity index (χ0) is 11.8. The maximum atomic E-state index is 5.78. The van der Waals surface area contributed by atoms with Crippen molar-refractivity contribution >= 4 is 11.3 Å². The Bertz CT molecular complexity index is 557. The maximum absolute atomic E-state index is 5.78. The van der Waals surface area contributed by atoms with Crippen LogP contribution >= 0.6 is 11.3 Å². The van der Waals surface area contributed by atoms with Crippen molar-refractivity contribution in [3.63, 3.8) is 0 Å². The fraction of sp³-hybridized carbons (Fsp3) is 0.357.